The molecule has 0 aromatic heterocycles. The summed E-state index contributed by atoms with van der Waals surface area (Å²) in [6, 6.07) is 10.6. The molecule has 158 valence electrons. The van der Waals surface area contributed by atoms with Gasteiger partial charge < -0.3 is 19.9 Å². The molecule has 1 aliphatic carbocycles. The molecule has 7 nitrogen and oxygen atoms in total. The van der Waals surface area contributed by atoms with Crippen molar-refractivity contribution < 1.29 is 14.3 Å². The molecule has 29 heavy (non-hydrogen) atoms. The number of ether oxygens (including phenoxy) is 1. The lowest BCUT2D eigenvalue weighted by Crippen LogP contribution is -2.54. The van der Waals surface area contributed by atoms with Crippen LogP contribution in [-0.2, 0) is 15.1 Å². The molecule has 1 N–H and O–H groups in total. The normalized spacial score (nSPS) is 30.1. The second-order valence-corrected chi connectivity index (χ2v) is 8.85. The van der Waals surface area contributed by atoms with Gasteiger partial charge in [0.25, 0.3) is 0 Å². The van der Waals surface area contributed by atoms with Crippen LogP contribution in [0.5, 0.6) is 0 Å². The number of urea groups is 1. The monoisotopic (exact) mass is 400 g/mol. The average molecular weight is 401 g/mol. The molecule has 3 amide bonds. The highest BCUT2D eigenvalue weighted by atomic mass is 16.5. The maximum Gasteiger partial charge on any atom is 0.318 e. The molecular formula is C22H32N4O3. The summed E-state index contributed by atoms with van der Waals surface area (Å²) in [5, 5.41) is 3.23. The molecule has 2 saturated heterocycles. The highest BCUT2D eigenvalue weighted by molar-refractivity contribution is 5.86. The number of nitrogens with one attached hydrogen (secondary N) is 1. The predicted octanol–water partition coefficient (Wildman–Crippen LogP) is 1.64. The van der Waals surface area contributed by atoms with Crippen LogP contribution in [0, 0.1) is 0 Å². The minimum atomic E-state index is -0.226. The summed E-state index contributed by atoms with van der Waals surface area (Å²) in [5.41, 5.74) is 1.11. The van der Waals surface area contributed by atoms with E-state index in [1.807, 2.05) is 0 Å². The molecule has 1 aromatic carbocycles. The topological polar surface area (TPSA) is 65.1 Å². The summed E-state index contributed by atoms with van der Waals surface area (Å²) in [6.45, 7) is 3.15. The minimum absolute atomic E-state index is 0.00568. The summed E-state index contributed by atoms with van der Waals surface area (Å²) in [7, 11) is 4.29. The lowest BCUT2D eigenvalue weighted by molar-refractivity contribution is -0.135. The van der Waals surface area contributed by atoms with Gasteiger partial charge in [-0.25, -0.2) is 4.79 Å². The molecule has 2 heterocycles. The fraction of sp³-hybridized carbons (Fsp3) is 0.636. The Morgan fingerprint density at radius 3 is 2.38 bits per heavy atom. The van der Waals surface area contributed by atoms with Crippen molar-refractivity contribution in [3.05, 3.63) is 35.9 Å². The SMILES string of the molecule is CN(C)[C@]1(c2ccccc2)CC[C@]2(CC1)CN(CC(=O)N1CCOCC1)C(=O)N2. The van der Waals surface area contributed by atoms with Gasteiger partial charge in [0.15, 0.2) is 0 Å². The maximum atomic E-state index is 12.6. The van der Waals surface area contributed by atoms with Crippen molar-refractivity contribution in [1.29, 1.82) is 0 Å². The van der Waals surface area contributed by atoms with Gasteiger partial charge in [0.05, 0.1) is 18.8 Å². The molecule has 0 radical (unpaired) electrons. The van der Waals surface area contributed by atoms with E-state index in [4.69, 9.17) is 4.74 Å². The fourth-order valence-corrected chi connectivity index (χ4v) is 5.15. The molecule has 4 rings (SSSR count). The molecular weight excluding hydrogens is 368 g/mol. The van der Waals surface area contributed by atoms with Crippen molar-refractivity contribution in [3.8, 4) is 0 Å². The van der Waals surface area contributed by atoms with E-state index in [1.54, 1.807) is 9.80 Å². The lowest BCUT2D eigenvalue weighted by Gasteiger charge is -2.48. The number of hydrogen-bond acceptors (Lipinski definition) is 4. The van der Waals surface area contributed by atoms with Gasteiger partial charge in [-0.2, -0.15) is 0 Å². The van der Waals surface area contributed by atoms with Gasteiger partial charge in [0, 0.05) is 25.2 Å². The standard InChI is InChI=1S/C22H32N4O3/c1-24(2)22(18-6-4-3-5-7-18)10-8-21(9-11-22)17-26(20(28)23-21)16-19(27)25-12-14-29-15-13-25/h3-7H,8-17H2,1-2H3,(H,23,28)/t21-,22+. The van der Waals surface area contributed by atoms with Crippen LogP contribution in [0.15, 0.2) is 30.3 Å². The van der Waals surface area contributed by atoms with Gasteiger partial charge in [0.1, 0.15) is 6.54 Å². The number of rotatable bonds is 4. The van der Waals surface area contributed by atoms with Crippen molar-refractivity contribution >= 4 is 11.9 Å². The van der Waals surface area contributed by atoms with E-state index in [0.29, 0.717) is 32.8 Å². The van der Waals surface area contributed by atoms with Crippen LogP contribution in [0.3, 0.4) is 0 Å². The number of carbonyl (C=O) groups excluding carboxylic acids is 2. The van der Waals surface area contributed by atoms with Crippen molar-refractivity contribution in [3.63, 3.8) is 0 Å². The first-order valence-corrected chi connectivity index (χ1v) is 10.6. The Balaban J connectivity index is 1.42. The molecule has 3 aliphatic rings. The Morgan fingerprint density at radius 1 is 1.10 bits per heavy atom. The minimum Gasteiger partial charge on any atom is -0.378 e. The quantitative estimate of drug-likeness (QED) is 0.835. The van der Waals surface area contributed by atoms with Crippen LogP contribution >= 0.6 is 0 Å². The average Bonchev–Trinajstić information content (AvgIpc) is 3.04. The summed E-state index contributed by atoms with van der Waals surface area (Å²) in [6.07, 6.45) is 3.78. The molecule has 7 heteroatoms. The van der Waals surface area contributed by atoms with E-state index >= 15 is 0 Å². The van der Waals surface area contributed by atoms with E-state index in [9.17, 15) is 9.59 Å². The van der Waals surface area contributed by atoms with Crippen molar-refractivity contribution in [2.45, 2.75) is 36.8 Å². The van der Waals surface area contributed by atoms with Gasteiger partial charge in [-0.3, -0.25) is 9.69 Å². The molecule has 1 aromatic rings. The highest BCUT2D eigenvalue weighted by Gasteiger charge is 2.50. The number of benzene rings is 1. The Labute approximate surface area is 173 Å². The first-order chi connectivity index (χ1) is 13.9. The van der Waals surface area contributed by atoms with E-state index in [-0.39, 0.29) is 29.6 Å². The second-order valence-electron chi connectivity index (χ2n) is 8.85. The molecule has 3 fully saturated rings. The smallest absolute Gasteiger partial charge is 0.318 e. The third-order valence-electron chi connectivity index (χ3n) is 7.04. The van der Waals surface area contributed by atoms with Crippen molar-refractivity contribution in [2.24, 2.45) is 0 Å². The zero-order chi connectivity index (χ0) is 20.5. The Morgan fingerprint density at radius 2 is 1.76 bits per heavy atom. The van der Waals surface area contributed by atoms with Crippen LogP contribution < -0.4 is 5.32 Å². The number of amides is 3. The number of morpholine rings is 1. The first kappa shape index (κ1) is 20.2. The lowest BCUT2D eigenvalue weighted by atomic mass is 9.69. The van der Waals surface area contributed by atoms with Gasteiger partial charge in [0.2, 0.25) is 5.91 Å². The first-order valence-electron chi connectivity index (χ1n) is 10.6. The largest absolute Gasteiger partial charge is 0.378 e. The fourth-order valence-electron chi connectivity index (χ4n) is 5.15. The summed E-state index contributed by atoms with van der Waals surface area (Å²) in [4.78, 5) is 31.1. The van der Waals surface area contributed by atoms with E-state index in [2.05, 4.69) is 54.6 Å². The van der Waals surface area contributed by atoms with Crippen LogP contribution in [0.1, 0.15) is 31.2 Å². The van der Waals surface area contributed by atoms with E-state index in [1.165, 1.54) is 5.56 Å². The van der Waals surface area contributed by atoms with Crippen molar-refractivity contribution in [1.82, 2.24) is 20.0 Å². The van der Waals surface area contributed by atoms with E-state index < -0.39 is 0 Å². The van der Waals surface area contributed by atoms with Crippen LogP contribution in [-0.4, -0.2) is 85.7 Å². The summed E-state index contributed by atoms with van der Waals surface area (Å²) < 4.78 is 5.32. The molecule has 0 bridgehead atoms. The molecule has 1 saturated carbocycles. The van der Waals surface area contributed by atoms with Crippen LogP contribution in [0.25, 0.3) is 0 Å². The third-order valence-corrected chi connectivity index (χ3v) is 7.04. The van der Waals surface area contributed by atoms with Gasteiger partial charge in [-0.05, 0) is 45.3 Å². The molecule has 0 atom stereocenters. The maximum absolute atomic E-state index is 12.6. The molecule has 2 aliphatic heterocycles. The van der Waals surface area contributed by atoms with Crippen LogP contribution in [0.4, 0.5) is 4.79 Å². The van der Waals surface area contributed by atoms with Gasteiger partial charge in [-0.15, -0.1) is 0 Å². The summed E-state index contributed by atoms with van der Waals surface area (Å²) in [5.74, 6) is 0.0169. The third kappa shape index (κ3) is 3.85. The molecule has 1 spiro atoms. The Bertz CT molecular complexity index is 738. The number of hydrogen-bond donors (Lipinski definition) is 1. The van der Waals surface area contributed by atoms with Gasteiger partial charge >= 0.3 is 6.03 Å². The summed E-state index contributed by atoms with van der Waals surface area (Å²) >= 11 is 0. The zero-order valence-electron chi connectivity index (χ0n) is 17.5. The zero-order valence-corrected chi connectivity index (χ0v) is 17.5. The van der Waals surface area contributed by atoms with Gasteiger partial charge in [-0.1, -0.05) is 30.3 Å². The highest BCUT2D eigenvalue weighted by Crippen LogP contribution is 2.45. The van der Waals surface area contributed by atoms with E-state index in [0.717, 1.165) is 25.7 Å². The predicted molar refractivity (Wildman–Crippen MR) is 111 cm³/mol. The Kier molecular flexibility index (Phi) is 5.53. The molecule has 0 unspecified atom stereocenters. The Hall–Kier alpha value is -2.12. The van der Waals surface area contributed by atoms with Crippen LogP contribution in [0.2, 0.25) is 0 Å². The number of nitrogens with zero attached hydrogens (tertiary/aromatic N) is 3. The van der Waals surface area contributed by atoms with Crippen molar-refractivity contribution in [2.75, 3.05) is 53.5 Å². The number of carbonyl (C=O) groups is 2. The second kappa shape index (κ2) is 7.95.